The van der Waals surface area contributed by atoms with Crippen molar-refractivity contribution in [1.29, 1.82) is 0 Å². The van der Waals surface area contributed by atoms with E-state index in [0.717, 1.165) is 68.6 Å². The molecule has 2 saturated heterocycles. The molecule has 156 valence electrons. The zero-order valence-electron chi connectivity index (χ0n) is 17.7. The molecule has 1 aromatic rings. The summed E-state index contributed by atoms with van der Waals surface area (Å²) in [5.74, 6) is 0.776. The molecule has 0 aromatic heterocycles. The lowest BCUT2D eigenvalue weighted by Gasteiger charge is -2.37. The van der Waals surface area contributed by atoms with E-state index in [2.05, 4.69) is 34.9 Å². The van der Waals surface area contributed by atoms with Gasteiger partial charge < -0.3 is 14.7 Å². The van der Waals surface area contributed by atoms with Crippen LogP contribution in [0.15, 0.2) is 18.2 Å². The lowest BCUT2D eigenvalue weighted by Crippen LogP contribution is -2.47. The summed E-state index contributed by atoms with van der Waals surface area (Å²) in [7, 11) is 3.67. The van der Waals surface area contributed by atoms with Crippen LogP contribution in [0.4, 0.5) is 10.5 Å². The van der Waals surface area contributed by atoms with Crippen molar-refractivity contribution in [2.45, 2.75) is 32.6 Å². The van der Waals surface area contributed by atoms with Crippen molar-refractivity contribution >= 4 is 23.3 Å². The largest absolute Gasteiger partial charge is 0.368 e. The maximum Gasteiger partial charge on any atom is 0.319 e. The molecule has 0 spiro atoms. The first-order valence-corrected chi connectivity index (χ1v) is 11.0. The molecule has 28 heavy (non-hydrogen) atoms. The molecule has 2 aliphatic heterocycles. The topological polar surface area (TPSA) is 30.0 Å². The molecule has 0 atom stereocenters. The Morgan fingerprint density at radius 2 is 1.79 bits per heavy atom. The molecular weight excluding hydrogens is 372 g/mol. The van der Waals surface area contributed by atoms with Gasteiger partial charge in [-0.15, -0.1) is 0 Å². The van der Waals surface area contributed by atoms with Crippen LogP contribution in [0.2, 0.25) is 5.02 Å². The fourth-order valence-corrected chi connectivity index (χ4v) is 4.63. The molecule has 2 aliphatic rings. The number of halogens is 1. The highest BCUT2D eigenvalue weighted by atomic mass is 35.5. The predicted octanol–water partition coefficient (Wildman–Crippen LogP) is 3.94. The highest BCUT2D eigenvalue weighted by Crippen LogP contribution is 2.29. The van der Waals surface area contributed by atoms with E-state index >= 15 is 0 Å². The second-order valence-electron chi connectivity index (χ2n) is 8.49. The molecule has 2 amide bonds. The molecule has 5 nitrogen and oxygen atoms in total. The Balaban J connectivity index is 1.34. The van der Waals surface area contributed by atoms with E-state index in [9.17, 15) is 4.79 Å². The number of amides is 2. The third-order valence-electron chi connectivity index (χ3n) is 6.24. The number of benzene rings is 1. The van der Waals surface area contributed by atoms with Crippen LogP contribution in [0.25, 0.3) is 0 Å². The Morgan fingerprint density at radius 1 is 1.11 bits per heavy atom. The van der Waals surface area contributed by atoms with Crippen molar-refractivity contribution < 1.29 is 4.79 Å². The van der Waals surface area contributed by atoms with E-state index in [1.54, 1.807) is 4.90 Å². The summed E-state index contributed by atoms with van der Waals surface area (Å²) < 4.78 is 0. The molecule has 0 N–H and O–H groups in total. The highest BCUT2D eigenvalue weighted by molar-refractivity contribution is 6.34. The van der Waals surface area contributed by atoms with Crippen LogP contribution in [-0.2, 0) is 0 Å². The number of carbonyl (C=O) groups is 1. The second-order valence-corrected chi connectivity index (χ2v) is 8.86. The monoisotopic (exact) mass is 406 g/mol. The number of aryl methyl sites for hydroxylation is 1. The number of anilines is 1. The molecule has 0 saturated carbocycles. The second kappa shape index (κ2) is 9.84. The van der Waals surface area contributed by atoms with Gasteiger partial charge in [0.05, 0.1) is 10.7 Å². The summed E-state index contributed by atoms with van der Waals surface area (Å²) in [6.45, 7) is 9.41. The summed E-state index contributed by atoms with van der Waals surface area (Å²) >= 11 is 6.50. The Labute approximate surface area is 175 Å². The van der Waals surface area contributed by atoms with Gasteiger partial charge in [-0.1, -0.05) is 23.7 Å². The lowest BCUT2D eigenvalue weighted by atomic mass is 9.92. The average molecular weight is 407 g/mol. The van der Waals surface area contributed by atoms with Crippen molar-refractivity contribution in [3.05, 3.63) is 28.8 Å². The fourth-order valence-electron chi connectivity index (χ4n) is 4.39. The minimum atomic E-state index is 0.157. The van der Waals surface area contributed by atoms with Gasteiger partial charge in [0.15, 0.2) is 0 Å². The average Bonchev–Trinajstić information content (AvgIpc) is 2.70. The van der Waals surface area contributed by atoms with Crippen LogP contribution in [0, 0.1) is 12.8 Å². The van der Waals surface area contributed by atoms with Crippen LogP contribution >= 0.6 is 11.6 Å². The third kappa shape index (κ3) is 5.32. The fraction of sp³-hybridized carbons (Fsp3) is 0.682. The highest BCUT2D eigenvalue weighted by Gasteiger charge is 2.24. The number of carbonyl (C=O) groups excluding carboxylic acids is 1. The van der Waals surface area contributed by atoms with Crippen molar-refractivity contribution in [1.82, 2.24) is 14.7 Å². The number of nitrogens with zero attached hydrogens (tertiary/aromatic N) is 4. The summed E-state index contributed by atoms with van der Waals surface area (Å²) in [6.07, 6.45) is 4.85. The van der Waals surface area contributed by atoms with Crippen molar-refractivity contribution in [3.63, 3.8) is 0 Å². The maximum absolute atomic E-state index is 12.0. The Morgan fingerprint density at radius 3 is 2.43 bits per heavy atom. The zero-order valence-corrected chi connectivity index (χ0v) is 18.4. The number of piperazine rings is 1. The molecule has 0 radical (unpaired) electrons. The minimum Gasteiger partial charge on any atom is -0.368 e. The van der Waals surface area contributed by atoms with Crippen LogP contribution in [0.3, 0.4) is 0 Å². The zero-order chi connectivity index (χ0) is 20.1. The summed E-state index contributed by atoms with van der Waals surface area (Å²) in [4.78, 5) is 20.7. The molecule has 2 fully saturated rings. The first-order chi connectivity index (χ1) is 13.5. The third-order valence-corrected chi connectivity index (χ3v) is 6.73. The number of hydrogen-bond donors (Lipinski definition) is 0. The smallest absolute Gasteiger partial charge is 0.319 e. The SMILES string of the molecule is Cc1cccc(N2CCN(CCCC3CCN(C(=O)N(C)C)CC3)CC2)c1Cl. The van der Waals surface area contributed by atoms with Gasteiger partial charge in [-0.3, -0.25) is 4.90 Å². The normalized spacial score (nSPS) is 19.1. The van der Waals surface area contributed by atoms with E-state index in [1.807, 2.05) is 19.0 Å². The quantitative estimate of drug-likeness (QED) is 0.741. The first-order valence-electron chi connectivity index (χ1n) is 10.6. The molecule has 6 heteroatoms. The van der Waals surface area contributed by atoms with Gasteiger partial charge in [-0.05, 0) is 56.7 Å². The van der Waals surface area contributed by atoms with E-state index in [0.29, 0.717) is 0 Å². The Bertz CT molecular complexity index is 650. The van der Waals surface area contributed by atoms with Gasteiger partial charge in [0.25, 0.3) is 0 Å². The van der Waals surface area contributed by atoms with Crippen LogP contribution in [0.1, 0.15) is 31.2 Å². The maximum atomic E-state index is 12.0. The molecule has 0 unspecified atom stereocenters. The number of urea groups is 1. The van der Waals surface area contributed by atoms with Gasteiger partial charge in [-0.25, -0.2) is 4.79 Å². The van der Waals surface area contributed by atoms with Gasteiger partial charge in [0, 0.05) is 53.4 Å². The summed E-state index contributed by atoms with van der Waals surface area (Å²) in [6, 6.07) is 6.46. The van der Waals surface area contributed by atoms with Crippen LogP contribution in [0.5, 0.6) is 0 Å². The van der Waals surface area contributed by atoms with E-state index in [4.69, 9.17) is 11.6 Å². The minimum absolute atomic E-state index is 0.157. The van der Waals surface area contributed by atoms with Crippen LogP contribution < -0.4 is 4.90 Å². The summed E-state index contributed by atoms with van der Waals surface area (Å²) in [5, 5.41) is 0.898. The first kappa shape index (κ1) is 21.3. The van der Waals surface area contributed by atoms with Crippen molar-refractivity contribution in [3.8, 4) is 0 Å². The molecule has 3 rings (SSSR count). The molecule has 0 bridgehead atoms. The molecule has 1 aromatic carbocycles. The lowest BCUT2D eigenvalue weighted by molar-refractivity contribution is 0.143. The van der Waals surface area contributed by atoms with Crippen LogP contribution in [-0.4, -0.2) is 80.6 Å². The van der Waals surface area contributed by atoms with E-state index in [1.165, 1.54) is 25.1 Å². The number of rotatable bonds is 5. The number of hydrogen-bond acceptors (Lipinski definition) is 3. The van der Waals surface area contributed by atoms with Gasteiger partial charge in [0.1, 0.15) is 0 Å². The predicted molar refractivity (Wildman–Crippen MR) is 117 cm³/mol. The molecular formula is C22H35ClN4O. The van der Waals surface area contributed by atoms with Gasteiger partial charge >= 0.3 is 6.03 Å². The Hall–Kier alpha value is -1.46. The standard InChI is InChI=1S/C22H35ClN4O/c1-18-6-4-8-20(21(18)23)26-16-14-25(15-17-26)11-5-7-19-9-12-27(13-10-19)22(28)24(2)3/h4,6,8,19H,5,7,9-17H2,1-3H3. The molecule has 2 heterocycles. The molecule has 0 aliphatic carbocycles. The van der Waals surface area contributed by atoms with Crippen molar-refractivity contribution in [2.24, 2.45) is 5.92 Å². The van der Waals surface area contributed by atoms with E-state index < -0.39 is 0 Å². The Kier molecular flexibility index (Phi) is 7.47. The van der Waals surface area contributed by atoms with Gasteiger partial charge in [-0.2, -0.15) is 0 Å². The number of likely N-dealkylation sites (tertiary alicyclic amines) is 1. The van der Waals surface area contributed by atoms with Crippen molar-refractivity contribution in [2.75, 3.05) is 64.8 Å². The summed E-state index contributed by atoms with van der Waals surface area (Å²) in [5.41, 5.74) is 2.33. The van der Waals surface area contributed by atoms with E-state index in [-0.39, 0.29) is 6.03 Å². The van der Waals surface area contributed by atoms with Gasteiger partial charge in [0.2, 0.25) is 0 Å². The number of piperidine rings is 1.